The fourth-order valence-corrected chi connectivity index (χ4v) is 2.93. The molecule has 2 heterocycles. The molecule has 156 valence electrons. The molecule has 0 spiro atoms. The SMILES string of the molecule is CC(C)CC(C)N1C(=O)NC(=O)C1=O.CCCCCCN1C(=O)NC(=O)C1=O. The van der Waals surface area contributed by atoms with E-state index >= 15 is 0 Å². The summed E-state index contributed by atoms with van der Waals surface area (Å²) in [4.78, 5) is 68.1. The molecule has 1 unspecified atom stereocenters. The first-order valence-corrected chi connectivity index (χ1v) is 9.45. The molecule has 2 aliphatic rings. The first kappa shape index (κ1) is 23.3. The minimum Gasteiger partial charge on any atom is -0.269 e. The molecule has 8 amide bonds. The molecular weight excluding hydrogens is 368 g/mol. The van der Waals surface area contributed by atoms with Crippen LogP contribution in [0.3, 0.4) is 0 Å². The first-order valence-electron chi connectivity index (χ1n) is 9.45. The van der Waals surface area contributed by atoms with Gasteiger partial charge in [0.2, 0.25) is 0 Å². The maximum absolute atomic E-state index is 11.2. The topological polar surface area (TPSA) is 133 Å². The lowest BCUT2D eigenvalue weighted by Crippen LogP contribution is -2.39. The second-order valence-corrected chi connectivity index (χ2v) is 7.19. The molecule has 0 aromatic rings. The van der Waals surface area contributed by atoms with Crippen LogP contribution in [0.25, 0.3) is 0 Å². The molecule has 10 heteroatoms. The van der Waals surface area contributed by atoms with Crippen LogP contribution >= 0.6 is 0 Å². The van der Waals surface area contributed by atoms with E-state index in [1.54, 1.807) is 6.92 Å². The highest BCUT2D eigenvalue weighted by molar-refractivity contribution is 6.45. The Labute approximate surface area is 164 Å². The maximum Gasteiger partial charge on any atom is 0.331 e. The molecule has 0 aliphatic carbocycles. The van der Waals surface area contributed by atoms with Crippen molar-refractivity contribution >= 4 is 35.7 Å². The molecule has 0 saturated carbocycles. The van der Waals surface area contributed by atoms with E-state index in [1.165, 1.54) is 0 Å². The van der Waals surface area contributed by atoms with Crippen molar-refractivity contribution in [3.63, 3.8) is 0 Å². The zero-order valence-electron chi connectivity index (χ0n) is 16.7. The van der Waals surface area contributed by atoms with Crippen molar-refractivity contribution in [3.05, 3.63) is 0 Å². The van der Waals surface area contributed by atoms with E-state index in [0.717, 1.165) is 35.5 Å². The summed E-state index contributed by atoms with van der Waals surface area (Å²) >= 11 is 0. The molecule has 2 rings (SSSR count). The highest BCUT2D eigenvalue weighted by atomic mass is 16.2. The number of nitrogens with one attached hydrogen (secondary N) is 2. The van der Waals surface area contributed by atoms with Crippen molar-refractivity contribution < 1.29 is 28.8 Å². The Kier molecular flexibility index (Phi) is 8.75. The third-order valence-corrected chi connectivity index (χ3v) is 4.25. The van der Waals surface area contributed by atoms with Crippen LogP contribution in [-0.2, 0) is 19.2 Å². The van der Waals surface area contributed by atoms with Crippen LogP contribution in [0.15, 0.2) is 0 Å². The zero-order chi connectivity index (χ0) is 21.4. The second kappa shape index (κ2) is 10.5. The second-order valence-electron chi connectivity index (χ2n) is 7.19. The van der Waals surface area contributed by atoms with Crippen molar-refractivity contribution in [1.82, 2.24) is 20.4 Å². The molecule has 0 radical (unpaired) electrons. The van der Waals surface area contributed by atoms with Gasteiger partial charge in [0.15, 0.2) is 0 Å². The van der Waals surface area contributed by atoms with Gasteiger partial charge in [-0.2, -0.15) is 0 Å². The van der Waals surface area contributed by atoms with Crippen molar-refractivity contribution in [2.75, 3.05) is 6.54 Å². The lowest BCUT2D eigenvalue weighted by Gasteiger charge is -2.21. The molecule has 2 aliphatic heterocycles. The van der Waals surface area contributed by atoms with Crippen molar-refractivity contribution in [2.24, 2.45) is 5.92 Å². The Balaban J connectivity index is 0.000000280. The fraction of sp³-hybridized carbons (Fsp3) is 0.667. The van der Waals surface area contributed by atoms with Crippen LogP contribution in [0, 0.1) is 5.92 Å². The Bertz CT molecular complexity index is 660. The number of unbranched alkanes of at least 4 members (excludes halogenated alkanes) is 3. The van der Waals surface area contributed by atoms with Gasteiger partial charge in [0.05, 0.1) is 0 Å². The summed E-state index contributed by atoms with van der Waals surface area (Å²) in [6.07, 6.45) is 4.62. The van der Waals surface area contributed by atoms with Gasteiger partial charge in [-0.3, -0.25) is 39.6 Å². The summed E-state index contributed by atoms with van der Waals surface area (Å²) in [5, 5.41) is 3.93. The van der Waals surface area contributed by atoms with Gasteiger partial charge in [0.1, 0.15) is 0 Å². The number of carbonyl (C=O) groups excluding carboxylic acids is 6. The van der Waals surface area contributed by atoms with Gasteiger partial charge in [-0.05, 0) is 25.7 Å². The van der Waals surface area contributed by atoms with Gasteiger partial charge in [0.25, 0.3) is 0 Å². The number of rotatable bonds is 8. The minimum absolute atomic E-state index is 0.228. The molecule has 2 saturated heterocycles. The maximum atomic E-state index is 11.2. The van der Waals surface area contributed by atoms with E-state index in [-0.39, 0.29) is 6.04 Å². The zero-order valence-corrected chi connectivity index (χ0v) is 16.7. The van der Waals surface area contributed by atoms with Gasteiger partial charge in [-0.15, -0.1) is 0 Å². The number of carbonyl (C=O) groups is 6. The summed E-state index contributed by atoms with van der Waals surface area (Å²) in [5.41, 5.74) is 0. The summed E-state index contributed by atoms with van der Waals surface area (Å²) in [6.45, 7) is 8.18. The molecule has 10 nitrogen and oxygen atoms in total. The largest absolute Gasteiger partial charge is 0.331 e. The highest BCUT2D eigenvalue weighted by Crippen LogP contribution is 2.14. The number of hydrogen-bond donors (Lipinski definition) is 2. The lowest BCUT2D eigenvalue weighted by molar-refractivity contribution is -0.141. The smallest absolute Gasteiger partial charge is 0.269 e. The number of imide groups is 4. The predicted octanol–water partition coefficient (Wildman–Crippen LogP) is 1.14. The van der Waals surface area contributed by atoms with E-state index in [4.69, 9.17) is 0 Å². The van der Waals surface area contributed by atoms with Crippen LogP contribution in [0.1, 0.15) is 59.8 Å². The minimum atomic E-state index is -0.828. The van der Waals surface area contributed by atoms with Crippen LogP contribution < -0.4 is 10.6 Å². The molecule has 0 aromatic heterocycles. The molecule has 2 fully saturated rings. The summed E-state index contributed by atoms with van der Waals surface area (Å²) in [5.74, 6) is -2.74. The van der Waals surface area contributed by atoms with Crippen LogP contribution in [-0.4, -0.2) is 58.1 Å². The number of hydrogen-bond acceptors (Lipinski definition) is 6. The summed E-state index contributed by atoms with van der Waals surface area (Å²) in [6, 6.07) is -1.42. The molecule has 28 heavy (non-hydrogen) atoms. The summed E-state index contributed by atoms with van der Waals surface area (Å²) < 4.78 is 0. The van der Waals surface area contributed by atoms with Crippen LogP contribution in [0.2, 0.25) is 0 Å². The quantitative estimate of drug-likeness (QED) is 0.359. The van der Waals surface area contributed by atoms with E-state index in [0.29, 0.717) is 18.9 Å². The first-order chi connectivity index (χ1) is 13.1. The Hall–Kier alpha value is -2.78. The van der Waals surface area contributed by atoms with E-state index in [2.05, 4.69) is 6.92 Å². The molecule has 0 aromatic carbocycles. The normalized spacial score (nSPS) is 17.8. The number of amides is 8. The van der Waals surface area contributed by atoms with E-state index in [1.807, 2.05) is 24.5 Å². The Morgan fingerprint density at radius 2 is 1.36 bits per heavy atom. The summed E-state index contributed by atoms with van der Waals surface area (Å²) in [7, 11) is 0. The third-order valence-electron chi connectivity index (χ3n) is 4.25. The van der Waals surface area contributed by atoms with Gasteiger partial charge < -0.3 is 0 Å². The average Bonchev–Trinajstić information content (AvgIpc) is 2.99. The van der Waals surface area contributed by atoms with Crippen molar-refractivity contribution in [2.45, 2.75) is 65.8 Å². The fourth-order valence-electron chi connectivity index (χ4n) is 2.93. The van der Waals surface area contributed by atoms with Crippen LogP contribution in [0.4, 0.5) is 9.59 Å². The number of urea groups is 2. The van der Waals surface area contributed by atoms with Crippen LogP contribution in [0.5, 0.6) is 0 Å². The molecule has 0 bridgehead atoms. The standard InChI is InChI=1S/2C9H14N2O3/c1-5(2)4-6(3)11-8(13)7(12)10-9(11)14;1-2-3-4-5-6-11-8(13)7(12)10-9(11)14/h5-6H,4H2,1-3H3,(H,10,12,14);2-6H2,1H3,(H,10,12,14). The van der Waals surface area contributed by atoms with Crippen molar-refractivity contribution in [1.29, 1.82) is 0 Å². The van der Waals surface area contributed by atoms with Gasteiger partial charge in [0, 0.05) is 12.6 Å². The third kappa shape index (κ3) is 6.14. The number of nitrogens with zero attached hydrogens (tertiary/aromatic N) is 2. The monoisotopic (exact) mass is 396 g/mol. The van der Waals surface area contributed by atoms with Crippen molar-refractivity contribution in [3.8, 4) is 0 Å². The Morgan fingerprint density at radius 1 is 0.786 bits per heavy atom. The molecule has 1 atom stereocenters. The lowest BCUT2D eigenvalue weighted by atomic mass is 10.0. The highest BCUT2D eigenvalue weighted by Gasteiger charge is 2.39. The Morgan fingerprint density at radius 3 is 1.79 bits per heavy atom. The van der Waals surface area contributed by atoms with Gasteiger partial charge in [-0.25, -0.2) is 9.59 Å². The average molecular weight is 396 g/mol. The van der Waals surface area contributed by atoms with Gasteiger partial charge in [-0.1, -0.05) is 40.0 Å². The van der Waals surface area contributed by atoms with Gasteiger partial charge >= 0.3 is 35.7 Å². The van der Waals surface area contributed by atoms with E-state index < -0.39 is 35.7 Å². The molecular formula is C18H28N4O6. The predicted molar refractivity (Wildman–Crippen MR) is 98.7 cm³/mol. The van der Waals surface area contributed by atoms with E-state index in [9.17, 15) is 28.8 Å². The molecule has 2 N–H and O–H groups in total.